The van der Waals surface area contributed by atoms with Crippen LogP contribution in [-0.2, 0) is 14.3 Å². The molecule has 4 unspecified atom stereocenters. The lowest BCUT2D eigenvalue weighted by Gasteiger charge is -2.25. The summed E-state index contributed by atoms with van der Waals surface area (Å²) in [5.41, 5.74) is 3.34. The lowest BCUT2D eigenvalue weighted by molar-refractivity contribution is -0.122. The number of benzene rings is 3. The van der Waals surface area contributed by atoms with E-state index in [1.807, 2.05) is 6.92 Å². The highest BCUT2D eigenvalue weighted by atomic mass is 35.5. The Bertz CT molecular complexity index is 1860. The quantitative estimate of drug-likeness (QED) is 0.0804. The number of imide groups is 1. The molecule has 3 aromatic carbocycles. The zero-order valence-electron chi connectivity index (χ0n) is 25.3. The molecule has 7 nitrogen and oxygen atoms in total. The van der Waals surface area contributed by atoms with Gasteiger partial charge in [-0.1, -0.05) is 48.3 Å². The lowest BCUT2D eigenvalue weighted by Crippen LogP contribution is -2.30. The van der Waals surface area contributed by atoms with Crippen molar-refractivity contribution in [3.05, 3.63) is 93.5 Å². The molecule has 0 N–H and O–H groups in total. The van der Waals surface area contributed by atoms with E-state index in [1.165, 1.54) is 4.90 Å². The molecular formula is C36H31Cl3N2O5. The zero-order valence-corrected chi connectivity index (χ0v) is 27.5. The number of fused-ring (bicyclic) bond motifs is 2. The number of rotatable bonds is 8. The number of hydrogen-bond acceptors (Lipinski definition) is 6. The molecule has 2 aliphatic rings. The molecule has 1 aromatic heterocycles. The van der Waals surface area contributed by atoms with Crippen LogP contribution in [0.25, 0.3) is 22.2 Å². The Labute approximate surface area is 281 Å². The summed E-state index contributed by atoms with van der Waals surface area (Å²) >= 11 is 18.4. The average Bonchev–Trinajstić information content (AvgIpc) is 3.30. The largest absolute Gasteiger partial charge is 0.450 e. The Kier molecular flexibility index (Phi) is 9.19. The fourth-order valence-electron chi connectivity index (χ4n) is 6.48. The molecular weight excluding hydrogens is 647 g/mol. The molecule has 2 heterocycles. The molecule has 236 valence electrons. The third-order valence-electron chi connectivity index (χ3n) is 9.04. The Hall–Kier alpha value is -3.78. The van der Waals surface area contributed by atoms with Gasteiger partial charge in [0.1, 0.15) is 0 Å². The van der Waals surface area contributed by atoms with Crippen LogP contribution in [0, 0.1) is 24.7 Å². The normalized spacial score (nSPS) is 20.1. The van der Waals surface area contributed by atoms with Gasteiger partial charge in [0.25, 0.3) is 0 Å². The first kappa shape index (κ1) is 32.2. The summed E-state index contributed by atoms with van der Waals surface area (Å²) in [6.07, 6.45) is 1.39. The minimum absolute atomic E-state index is 0.100. The number of alkyl halides is 1. The van der Waals surface area contributed by atoms with Gasteiger partial charge in [0.2, 0.25) is 17.6 Å². The molecule has 1 saturated carbocycles. The number of ketones is 1. The second kappa shape index (κ2) is 13.1. The molecule has 1 aliphatic heterocycles. The number of esters is 1. The maximum Gasteiger partial charge on any atom is 0.339 e. The Morgan fingerprint density at radius 3 is 2.35 bits per heavy atom. The number of carbonyl (C=O) groups is 4. The van der Waals surface area contributed by atoms with Crippen LogP contribution in [0.5, 0.6) is 0 Å². The highest BCUT2D eigenvalue weighted by Crippen LogP contribution is 2.42. The van der Waals surface area contributed by atoms with Crippen LogP contribution in [0.3, 0.4) is 0 Å². The first-order valence-corrected chi connectivity index (χ1v) is 16.5. The number of hydrogen-bond donors (Lipinski definition) is 0. The van der Waals surface area contributed by atoms with E-state index in [4.69, 9.17) is 44.5 Å². The van der Waals surface area contributed by atoms with E-state index in [9.17, 15) is 19.2 Å². The molecule has 4 aromatic rings. The van der Waals surface area contributed by atoms with Gasteiger partial charge in [0.15, 0.2) is 6.10 Å². The van der Waals surface area contributed by atoms with Crippen molar-refractivity contribution in [2.45, 2.75) is 45.6 Å². The number of amides is 2. The van der Waals surface area contributed by atoms with Gasteiger partial charge < -0.3 is 4.74 Å². The van der Waals surface area contributed by atoms with Gasteiger partial charge >= 0.3 is 5.97 Å². The standard InChI is InChI=1S/C36H31Cl3N2O5/c1-19-3-12-26-27(17-19)35(44)41(34(26)43)24-10-6-21(7-11-24)30-18-28(25-13-14-29(39)20(2)32(25)40-30)36(45)46-31(15-16-37)33(42)22-4-8-23(38)9-5-22/h4-11,13-14,18-19,26-27,31H,3,12,15-17H2,1-2H3. The Morgan fingerprint density at radius 2 is 1.65 bits per heavy atom. The minimum atomic E-state index is -1.12. The van der Waals surface area contributed by atoms with Crippen molar-refractivity contribution in [2.24, 2.45) is 17.8 Å². The fraction of sp³-hybridized carbons (Fsp3) is 0.306. The van der Waals surface area contributed by atoms with Gasteiger partial charge in [-0.2, -0.15) is 0 Å². The van der Waals surface area contributed by atoms with Crippen molar-refractivity contribution in [2.75, 3.05) is 10.8 Å². The Balaban J connectivity index is 1.34. The number of Topliss-reactive ketones (excluding diaryl/α,β-unsaturated/α-hetero) is 1. The predicted molar refractivity (Wildman–Crippen MR) is 180 cm³/mol. The monoisotopic (exact) mass is 676 g/mol. The molecule has 46 heavy (non-hydrogen) atoms. The fourth-order valence-corrected chi connectivity index (χ4v) is 6.96. The van der Waals surface area contributed by atoms with Crippen LogP contribution in [0.4, 0.5) is 5.69 Å². The molecule has 6 rings (SSSR count). The summed E-state index contributed by atoms with van der Waals surface area (Å²) in [5, 5.41) is 1.47. The van der Waals surface area contributed by atoms with E-state index < -0.39 is 12.1 Å². The van der Waals surface area contributed by atoms with E-state index in [0.717, 1.165) is 19.3 Å². The lowest BCUT2D eigenvalue weighted by atomic mass is 9.76. The van der Waals surface area contributed by atoms with E-state index in [-0.39, 0.29) is 47.3 Å². The third-order valence-corrected chi connectivity index (χ3v) is 9.92. The van der Waals surface area contributed by atoms with Crippen LogP contribution in [0.2, 0.25) is 10.0 Å². The van der Waals surface area contributed by atoms with Crippen molar-refractivity contribution in [3.8, 4) is 11.3 Å². The first-order chi connectivity index (χ1) is 22.1. The predicted octanol–water partition coefficient (Wildman–Crippen LogP) is 8.48. The molecule has 0 bridgehead atoms. The van der Waals surface area contributed by atoms with Crippen LogP contribution in [0.1, 0.15) is 58.9 Å². The van der Waals surface area contributed by atoms with E-state index in [1.54, 1.807) is 66.7 Å². The molecule has 1 aliphatic carbocycles. The number of anilines is 1. The average molecular weight is 678 g/mol. The SMILES string of the molecule is Cc1c(Cl)ccc2c(C(=O)OC(CCCl)C(=O)c3ccc(Cl)cc3)cc(-c3ccc(N4C(=O)C5CCC(C)CC5C4=O)cc3)nc12. The summed E-state index contributed by atoms with van der Waals surface area (Å²) in [4.78, 5) is 59.7. The molecule has 0 radical (unpaired) electrons. The summed E-state index contributed by atoms with van der Waals surface area (Å²) in [6, 6.07) is 18.3. The maximum absolute atomic E-state index is 13.8. The summed E-state index contributed by atoms with van der Waals surface area (Å²) in [6.45, 7) is 3.93. The number of aryl methyl sites for hydroxylation is 1. The van der Waals surface area contributed by atoms with Gasteiger partial charge in [0, 0.05) is 38.9 Å². The van der Waals surface area contributed by atoms with Crippen LogP contribution in [-0.4, -0.2) is 40.5 Å². The van der Waals surface area contributed by atoms with E-state index in [0.29, 0.717) is 54.9 Å². The van der Waals surface area contributed by atoms with Crippen molar-refractivity contribution in [1.82, 2.24) is 4.98 Å². The summed E-state index contributed by atoms with van der Waals surface area (Å²) in [5.74, 6) is -1.41. The van der Waals surface area contributed by atoms with E-state index in [2.05, 4.69) is 6.92 Å². The molecule has 2 amide bonds. The van der Waals surface area contributed by atoms with Gasteiger partial charge in [-0.3, -0.25) is 19.3 Å². The molecule has 0 spiro atoms. The van der Waals surface area contributed by atoms with E-state index >= 15 is 0 Å². The first-order valence-electron chi connectivity index (χ1n) is 15.2. The van der Waals surface area contributed by atoms with Crippen molar-refractivity contribution in [1.29, 1.82) is 0 Å². The van der Waals surface area contributed by atoms with Gasteiger partial charge in [-0.15, -0.1) is 11.6 Å². The minimum Gasteiger partial charge on any atom is -0.450 e. The number of nitrogens with zero attached hydrogens (tertiary/aromatic N) is 2. The number of aromatic nitrogens is 1. The van der Waals surface area contributed by atoms with Crippen LogP contribution >= 0.6 is 34.8 Å². The van der Waals surface area contributed by atoms with Gasteiger partial charge in [0.05, 0.1) is 34.3 Å². The number of ether oxygens (including phenoxy) is 1. The highest BCUT2D eigenvalue weighted by molar-refractivity contribution is 6.32. The third kappa shape index (κ3) is 6.04. The summed E-state index contributed by atoms with van der Waals surface area (Å²) in [7, 11) is 0. The molecule has 4 atom stereocenters. The van der Waals surface area contributed by atoms with Crippen molar-refractivity contribution in [3.63, 3.8) is 0 Å². The molecule has 1 saturated heterocycles. The maximum atomic E-state index is 13.8. The van der Waals surface area contributed by atoms with Crippen LogP contribution < -0.4 is 4.90 Å². The number of halogens is 3. The topological polar surface area (TPSA) is 93.6 Å². The van der Waals surface area contributed by atoms with Gasteiger partial charge in [-0.25, -0.2) is 9.78 Å². The second-order valence-electron chi connectivity index (χ2n) is 12.1. The Morgan fingerprint density at radius 1 is 0.957 bits per heavy atom. The smallest absolute Gasteiger partial charge is 0.339 e. The second-order valence-corrected chi connectivity index (χ2v) is 13.3. The highest BCUT2D eigenvalue weighted by Gasteiger charge is 2.50. The van der Waals surface area contributed by atoms with Gasteiger partial charge in [-0.05, 0) is 86.2 Å². The number of carbonyl (C=O) groups excluding carboxylic acids is 4. The molecule has 10 heteroatoms. The summed E-state index contributed by atoms with van der Waals surface area (Å²) < 4.78 is 5.81. The zero-order chi connectivity index (χ0) is 32.7. The number of pyridine rings is 1. The molecule has 2 fully saturated rings. The van der Waals surface area contributed by atoms with Crippen molar-refractivity contribution >= 4 is 75.0 Å². The van der Waals surface area contributed by atoms with Crippen LogP contribution in [0.15, 0.2) is 66.7 Å². The van der Waals surface area contributed by atoms with Crippen molar-refractivity contribution < 1.29 is 23.9 Å².